The van der Waals surface area contributed by atoms with Crippen molar-refractivity contribution >= 4 is 0 Å². The van der Waals surface area contributed by atoms with Crippen molar-refractivity contribution in [1.29, 1.82) is 0 Å². The molecule has 0 aromatic rings. The molecule has 0 aliphatic rings. The summed E-state index contributed by atoms with van der Waals surface area (Å²) in [5.41, 5.74) is 0. The number of aliphatic hydroxyl groups excluding tert-OH is 1. The fourth-order valence-corrected chi connectivity index (χ4v) is 2.04. The Labute approximate surface area is 207 Å². The highest BCUT2D eigenvalue weighted by Gasteiger charge is 2.88. The molecule has 0 aliphatic heterocycles. The number of alkyl halides is 23. The van der Waals surface area contributed by atoms with E-state index in [9.17, 15) is 101 Å². The molecule has 0 fully saturated rings. The van der Waals surface area contributed by atoms with Crippen molar-refractivity contribution in [1.82, 2.24) is 0 Å². The monoisotopic (exact) mass is 676 g/mol. The number of ether oxygens (including phenoxy) is 3. The van der Waals surface area contributed by atoms with Crippen molar-refractivity contribution in [2.75, 3.05) is 6.61 Å². The topological polar surface area (TPSA) is 47.9 Å². The Morgan fingerprint density at radius 3 is 0.976 bits per heavy atom. The van der Waals surface area contributed by atoms with Gasteiger partial charge in [-0.3, -0.25) is 14.2 Å². The van der Waals surface area contributed by atoms with Gasteiger partial charge in [-0.1, -0.05) is 0 Å². The summed E-state index contributed by atoms with van der Waals surface area (Å²) in [6.45, 7) is -1.66. The summed E-state index contributed by atoms with van der Waals surface area (Å²) >= 11 is 0. The van der Waals surface area contributed by atoms with Crippen molar-refractivity contribution in [3.05, 3.63) is 0 Å². The number of halogens is 23. The van der Waals surface area contributed by atoms with Crippen LogP contribution in [0.25, 0.3) is 0 Å². The van der Waals surface area contributed by atoms with Crippen LogP contribution in [0.2, 0.25) is 0 Å². The summed E-state index contributed by atoms with van der Waals surface area (Å²) in [5, 5.41) is 8.30. The number of hydrogen-bond donors (Lipinski definition) is 1. The molecule has 248 valence electrons. The van der Waals surface area contributed by atoms with Crippen LogP contribution in [0.3, 0.4) is 0 Å². The van der Waals surface area contributed by atoms with E-state index in [4.69, 9.17) is 5.11 Å². The van der Waals surface area contributed by atoms with Crippen molar-refractivity contribution < 1.29 is 120 Å². The Morgan fingerprint density at radius 2 is 0.707 bits per heavy atom. The average Bonchev–Trinajstić information content (AvgIpc) is 2.67. The van der Waals surface area contributed by atoms with Crippen molar-refractivity contribution in [2.45, 2.75) is 79.4 Å². The molecule has 3 atom stereocenters. The van der Waals surface area contributed by atoms with Crippen molar-refractivity contribution in [3.8, 4) is 0 Å². The maximum Gasteiger partial charge on any atom is 0.462 e. The van der Waals surface area contributed by atoms with E-state index in [2.05, 4.69) is 0 Å². The van der Waals surface area contributed by atoms with Gasteiger partial charge in [-0.25, -0.2) is 4.39 Å². The molecular weight excluding hydrogens is 669 g/mol. The summed E-state index contributed by atoms with van der Waals surface area (Å²) in [4.78, 5) is 0. The maximum atomic E-state index is 14.2. The molecule has 1 N–H and O–H groups in total. The third-order valence-electron chi connectivity index (χ3n) is 4.11. The average molecular weight is 676 g/mol. The fourth-order valence-electron chi connectivity index (χ4n) is 2.04. The van der Waals surface area contributed by atoms with E-state index in [1.54, 1.807) is 0 Å². The summed E-state index contributed by atoms with van der Waals surface area (Å²) in [6.07, 6.45) is -61.1. The Kier molecular flexibility index (Phi) is 10.3. The highest BCUT2D eigenvalue weighted by Crippen LogP contribution is 2.59. The molecule has 3 unspecified atom stereocenters. The van der Waals surface area contributed by atoms with Crippen LogP contribution in [0.5, 0.6) is 0 Å². The zero-order valence-electron chi connectivity index (χ0n) is 18.0. The van der Waals surface area contributed by atoms with Crippen LogP contribution in [0.15, 0.2) is 0 Å². The minimum atomic E-state index is -8.66. The molecule has 0 spiro atoms. The van der Waals surface area contributed by atoms with Gasteiger partial charge in [0.15, 0.2) is 0 Å². The second kappa shape index (κ2) is 10.7. The molecule has 0 saturated heterocycles. The molecule has 0 aliphatic carbocycles. The Morgan fingerprint density at radius 1 is 0.390 bits per heavy atom. The number of hydrogen-bond acceptors (Lipinski definition) is 4. The van der Waals surface area contributed by atoms with E-state index in [0.717, 1.165) is 4.74 Å². The van der Waals surface area contributed by atoms with Gasteiger partial charge >= 0.3 is 66.5 Å². The van der Waals surface area contributed by atoms with E-state index in [-0.39, 0.29) is 0 Å². The fraction of sp³-hybridized carbons (Fsp3) is 1.00. The third-order valence-corrected chi connectivity index (χ3v) is 4.11. The third kappa shape index (κ3) is 7.07. The second-order valence-corrected chi connectivity index (χ2v) is 7.17. The predicted molar refractivity (Wildman–Crippen MR) is 75.1 cm³/mol. The van der Waals surface area contributed by atoms with E-state index in [1.165, 1.54) is 4.74 Å². The highest BCUT2D eigenvalue weighted by atomic mass is 19.4. The van der Waals surface area contributed by atoms with Gasteiger partial charge in [-0.05, 0) is 6.42 Å². The first-order chi connectivity index (χ1) is 17.4. The normalized spacial score (nSPS) is 19.9. The smallest absolute Gasteiger partial charge is 0.396 e. The SMILES string of the molecule is OCCCC(F)(OC(F)(F)C(F)(OC(F)(F)C(F)(OC(F)(F)C(F)(F)C(F)(F)F)C(F)(F)F)C(F)(F)F)C(F)(F)F. The lowest BCUT2D eigenvalue weighted by molar-refractivity contribution is -0.579. The van der Waals surface area contributed by atoms with Crippen LogP contribution in [0.1, 0.15) is 12.8 Å². The predicted octanol–water partition coefficient (Wildman–Crippen LogP) is 7.47. The summed E-state index contributed by atoms with van der Waals surface area (Å²) in [7, 11) is 0. The van der Waals surface area contributed by atoms with E-state index >= 15 is 0 Å². The zero-order chi connectivity index (χ0) is 33.7. The minimum absolute atomic E-state index is 1.05. The molecule has 0 radical (unpaired) electrons. The first kappa shape index (κ1) is 39.2. The molecule has 0 bridgehead atoms. The molecular formula is C14H7F23O4. The lowest BCUT2D eigenvalue weighted by Gasteiger charge is -2.43. The van der Waals surface area contributed by atoms with E-state index < -0.39 is 86.0 Å². The minimum Gasteiger partial charge on any atom is -0.396 e. The summed E-state index contributed by atoms with van der Waals surface area (Å²) in [5.74, 6) is -31.6. The molecule has 0 rings (SSSR count). The van der Waals surface area contributed by atoms with Crippen molar-refractivity contribution in [3.63, 3.8) is 0 Å². The van der Waals surface area contributed by atoms with Crippen molar-refractivity contribution in [2.24, 2.45) is 0 Å². The molecule has 0 saturated carbocycles. The highest BCUT2D eigenvalue weighted by molar-refractivity contribution is 4.97. The van der Waals surface area contributed by atoms with Gasteiger partial charge in [0, 0.05) is 13.0 Å². The van der Waals surface area contributed by atoms with Crippen LogP contribution in [-0.2, 0) is 14.2 Å². The van der Waals surface area contributed by atoms with E-state index in [0.29, 0.717) is 0 Å². The first-order valence-corrected chi connectivity index (χ1v) is 8.99. The van der Waals surface area contributed by atoms with Gasteiger partial charge < -0.3 is 5.11 Å². The number of rotatable bonds is 12. The van der Waals surface area contributed by atoms with Crippen LogP contribution in [0, 0.1) is 0 Å². The first-order valence-electron chi connectivity index (χ1n) is 8.99. The second-order valence-electron chi connectivity index (χ2n) is 7.17. The molecule has 4 nitrogen and oxygen atoms in total. The van der Waals surface area contributed by atoms with Gasteiger partial charge in [0.25, 0.3) is 0 Å². The largest absolute Gasteiger partial charge is 0.462 e. The van der Waals surface area contributed by atoms with Gasteiger partial charge in [0.05, 0.1) is 0 Å². The van der Waals surface area contributed by atoms with Crippen LogP contribution in [0.4, 0.5) is 101 Å². The Hall–Kier alpha value is -1.77. The van der Waals surface area contributed by atoms with Gasteiger partial charge in [0.1, 0.15) is 0 Å². The van der Waals surface area contributed by atoms with Gasteiger partial charge in [0.2, 0.25) is 0 Å². The van der Waals surface area contributed by atoms with Crippen LogP contribution in [-0.4, -0.2) is 78.2 Å². The molecule has 0 heterocycles. The van der Waals surface area contributed by atoms with Crippen LogP contribution < -0.4 is 0 Å². The summed E-state index contributed by atoms with van der Waals surface area (Å²) in [6, 6.07) is 0. The van der Waals surface area contributed by atoms with E-state index in [1.807, 2.05) is 4.74 Å². The van der Waals surface area contributed by atoms with Gasteiger partial charge in [-0.2, -0.15) is 96.6 Å². The zero-order valence-corrected chi connectivity index (χ0v) is 18.0. The molecule has 0 aromatic heterocycles. The lowest BCUT2D eigenvalue weighted by atomic mass is 10.1. The lowest BCUT2D eigenvalue weighted by Crippen LogP contribution is -2.70. The molecule has 41 heavy (non-hydrogen) atoms. The number of aliphatic hydroxyl groups is 1. The Bertz CT molecular complexity index is 889. The quantitative estimate of drug-likeness (QED) is 0.218. The van der Waals surface area contributed by atoms with Crippen LogP contribution >= 0.6 is 0 Å². The standard InChI is InChI=1S/C14H7F23O4/c15-4(2-1-3-38,8(20,21)22)39-13(34,35)6(18,10(26,27)28)41-14(36,37)7(19,11(29,30)31)40-12(32,33)5(16,17)9(23,24)25/h38H,1-3H2. The van der Waals surface area contributed by atoms with Gasteiger partial charge in [-0.15, -0.1) is 0 Å². The maximum absolute atomic E-state index is 14.2. The Balaban J connectivity index is 7.17. The molecule has 27 heteroatoms. The molecule has 0 aromatic carbocycles. The summed E-state index contributed by atoms with van der Waals surface area (Å²) < 4.78 is 305. The molecule has 0 amide bonds.